The van der Waals surface area contributed by atoms with Gasteiger partial charge >= 0.3 is 0 Å². The molecule has 5 nitrogen and oxygen atoms in total. The maximum atomic E-state index is 12.3. The number of hydrogen-bond acceptors (Lipinski definition) is 4. The van der Waals surface area contributed by atoms with Crippen LogP contribution >= 0.6 is 0 Å². The normalized spacial score (nSPS) is 15.7. The van der Waals surface area contributed by atoms with Crippen molar-refractivity contribution in [2.75, 3.05) is 13.2 Å². The molecule has 0 bridgehead atoms. The van der Waals surface area contributed by atoms with Crippen LogP contribution in [0.15, 0.2) is 28.7 Å². The van der Waals surface area contributed by atoms with E-state index in [9.17, 15) is 9.90 Å². The maximum absolute atomic E-state index is 12.3. The third-order valence-electron chi connectivity index (χ3n) is 4.17. The van der Waals surface area contributed by atoms with Gasteiger partial charge in [0.05, 0.1) is 13.2 Å². The number of ether oxygens (including phenoxy) is 1. The monoisotopic (exact) mass is 315 g/mol. The third-order valence-corrected chi connectivity index (χ3v) is 4.17. The van der Waals surface area contributed by atoms with Crippen molar-refractivity contribution in [1.82, 2.24) is 5.32 Å². The molecule has 3 rings (SSSR count). The van der Waals surface area contributed by atoms with Crippen molar-refractivity contribution < 1.29 is 19.1 Å². The molecular formula is C18H21NO4. The van der Waals surface area contributed by atoms with E-state index in [1.54, 1.807) is 26.0 Å². The minimum absolute atomic E-state index is 0.110. The molecule has 1 amide bonds. The molecule has 0 spiro atoms. The Morgan fingerprint density at radius 2 is 2.13 bits per heavy atom. The molecule has 122 valence electrons. The Hall–Kier alpha value is -2.27. The smallest absolute Gasteiger partial charge is 0.251 e. The fourth-order valence-electron chi connectivity index (χ4n) is 2.94. The minimum atomic E-state index is -1.18. The summed E-state index contributed by atoms with van der Waals surface area (Å²) in [7, 11) is 0. The van der Waals surface area contributed by atoms with Crippen molar-refractivity contribution in [3.63, 3.8) is 0 Å². The van der Waals surface area contributed by atoms with Gasteiger partial charge in [-0.2, -0.15) is 0 Å². The summed E-state index contributed by atoms with van der Waals surface area (Å²) in [5, 5.41) is 13.4. The second kappa shape index (κ2) is 5.74. The van der Waals surface area contributed by atoms with Crippen LogP contribution in [0, 0.1) is 13.8 Å². The molecule has 1 atom stereocenters. The molecular weight excluding hydrogens is 294 g/mol. The maximum Gasteiger partial charge on any atom is 0.251 e. The molecule has 1 unspecified atom stereocenters. The van der Waals surface area contributed by atoms with Crippen LogP contribution in [0.4, 0.5) is 0 Å². The molecule has 2 aromatic rings. The van der Waals surface area contributed by atoms with Crippen molar-refractivity contribution in [2.45, 2.75) is 32.8 Å². The number of aryl methyl sites for hydroxylation is 2. The molecule has 0 radical (unpaired) electrons. The Kier molecular flexibility index (Phi) is 3.90. The van der Waals surface area contributed by atoms with Crippen LogP contribution < -0.4 is 10.1 Å². The molecule has 23 heavy (non-hydrogen) atoms. The van der Waals surface area contributed by atoms with E-state index in [0.29, 0.717) is 23.5 Å². The first-order valence-electron chi connectivity index (χ1n) is 7.70. The summed E-state index contributed by atoms with van der Waals surface area (Å²) in [6.45, 7) is 6.07. The average molecular weight is 315 g/mol. The van der Waals surface area contributed by atoms with Gasteiger partial charge in [-0.05, 0) is 50.6 Å². The van der Waals surface area contributed by atoms with Gasteiger partial charge in [0.25, 0.3) is 5.91 Å². The number of aliphatic hydroxyl groups is 1. The van der Waals surface area contributed by atoms with E-state index in [-0.39, 0.29) is 12.5 Å². The predicted octanol–water partition coefficient (Wildman–Crippen LogP) is 2.47. The van der Waals surface area contributed by atoms with Gasteiger partial charge in [0.15, 0.2) is 0 Å². The van der Waals surface area contributed by atoms with Gasteiger partial charge in [0.2, 0.25) is 0 Å². The summed E-state index contributed by atoms with van der Waals surface area (Å²) >= 11 is 0. The number of hydrogen-bond donors (Lipinski definition) is 2. The van der Waals surface area contributed by atoms with Gasteiger partial charge in [0.1, 0.15) is 22.9 Å². The van der Waals surface area contributed by atoms with Crippen LogP contribution in [0.2, 0.25) is 0 Å². The predicted molar refractivity (Wildman–Crippen MR) is 85.7 cm³/mol. The van der Waals surface area contributed by atoms with Gasteiger partial charge in [-0.1, -0.05) is 0 Å². The topological polar surface area (TPSA) is 71.7 Å². The molecule has 0 aliphatic carbocycles. The second-order valence-corrected chi connectivity index (χ2v) is 6.20. The van der Waals surface area contributed by atoms with Crippen molar-refractivity contribution >= 4 is 5.91 Å². The number of carbonyl (C=O) groups is 1. The van der Waals surface area contributed by atoms with E-state index in [0.717, 1.165) is 23.5 Å². The van der Waals surface area contributed by atoms with Crippen LogP contribution in [0.5, 0.6) is 5.75 Å². The number of fused-ring (bicyclic) bond motifs is 1. The molecule has 1 aromatic heterocycles. The number of rotatable bonds is 4. The lowest BCUT2D eigenvalue weighted by Gasteiger charge is -2.23. The van der Waals surface area contributed by atoms with E-state index in [2.05, 4.69) is 5.32 Å². The van der Waals surface area contributed by atoms with Crippen LogP contribution in [-0.2, 0) is 12.0 Å². The Morgan fingerprint density at radius 1 is 1.35 bits per heavy atom. The summed E-state index contributed by atoms with van der Waals surface area (Å²) in [6, 6.07) is 7.20. The molecule has 1 aliphatic heterocycles. The molecule has 2 N–H and O–H groups in total. The number of carbonyl (C=O) groups excluding carboxylic acids is 1. The van der Waals surface area contributed by atoms with Gasteiger partial charge in [-0.25, -0.2) is 0 Å². The van der Waals surface area contributed by atoms with Crippen LogP contribution in [0.1, 0.15) is 39.9 Å². The van der Waals surface area contributed by atoms with Gasteiger partial charge in [0, 0.05) is 17.5 Å². The van der Waals surface area contributed by atoms with Crippen molar-refractivity contribution in [1.29, 1.82) is 0 Å². The largest absolute Gasteiger partial charge is 0.493 e. The highest BCUT2D eigenvalue weighted by molar-refractivity contribution is 5.94. The zero-order valence-corrected chi connectivity index (χ0v) is 13.6. The fourth-order valence-corrected chi connectivity index (χ4v) is 2.94. The Balaban J connectivity index is 1.70. The van der Waals surface area contributed by atoms with Crippen LogP contribution in [0.3, 0.4) is 0 Å². The van der Waals surface area contributed by atoms with Gasteiger partial charge in [-0.3, -0.25) is 4.79 Å². The molecule has 0 saturated heterocycles. The zero-order valence-electron chi connectivity index (χ0n) is 13.6. The first kappa shape index (κ1) is 15.6. The number of furan rings is 1. The quantitative estimate of drug-likeness (QED) is 0.909. The lowest BCUT2D eigenvalue weighted by molar-refractivity contribution is 0.0514. The van der Waals surface area contributed by atoms with E-state index >= 15 is 0 Å². The third kappa shape index (κ3) is 3.10. The fraction of sp³-hybridized carbons (Fsp3) is 0.389. The van der Waals surface area contributed by atoms with Crippen LogP contribution in [-0.4, -0.2) is 24.2 Å². The summed E-state index contributed by atoms with van der Waals surface area (Å²) in [5.74, 6) is 2.04. The zero-order chi connectivity index (χ0) is 16.6. The molecule has 0 fully saturated rings. The Morgan fingerprint density at radius 3 is 2.83 bits per heavy atom. The molecule has 0 saturated carbocycles. The molecule has 2 heterocycles. The number of amides is 1. The lowest BCUT2D eigenvalue weighted by Crippen LogP contribution is -2.38. The molecule has 1 aliphatic rings. The van der Waals surface area contributed by atoms with E-state index in [4.69, 9.17) is 9.15 Å². The SMILES string of the molecule is Cc1cc(C(C)(O)CNC(=O)c2ccc3c(c2)CCO3)c(C)o1. The minimum Gasteiger partial charge on any atom is -0.493 e. The molecule has 1 aromatic carbocycles. The lowest BCUT2D eigenvalue weighted by atomic mass is 9.96. The Labute approximate surface area is 135 Å². The summed E-state index contributed by atoms with van der Waals surface area (Å²) in [4.78, 5) is 12.3. The van der Waals surface area contributed by atoms with Crippen molar-refractivity contribution in [3.8, 4) is 5.75 Å². The average Bonchev–Trinajstić information content (AvgIpc) is 3.10. The van der Waals surface area contributed by atoms with E-state index in [1.165, 1.54) is 0 Å². The summed E-state index contributed by atoms with van der Waals surface area (Å²) in [6.07, 6.45) is 0.821. The first-order valence-corrected chi connectivity index (χ1v) is 7.70. The highest BCUT2D eigenvalue weighted by Crippen LogP contribution is 2.27. The number of nitrogens with one attached hydrogen (secondary N) is 1. The highest BCUT2D eigenvalue weighted by atomic mass is 16.5. The summed E-state index contributed by atoms with van der Waals surface area (Å²) in [5.41, 5.74) is 1.13. The van der Waals surface area contributed by atoms with Gasteiger partial charge in [-0.15, -0.1) is 0 Å². The highest BCUT2D eigenvalue weighted by Gasteiger charge is 2.28. The van der Waals surface area contributed by atoms with E-state index in [1.807, 2.05) is 19.1 Å². The van der Waals surface area contributed by atoms with Crippen molar-refractivity contribution in [3.05, 3.63) is 52.5 Å². The summed E-state index contributed by atoms with van der Waals surface area (Å²) < 4.78 is 10.9. The second-order valence-electron chi connectivity index (χ2n) is 6.20. The van der Waals surface area contributed by atoms with E-state index < -0.39 is 5.60 Å². The standard InChI is InChI=1S/C18H21NO4/c1-11-8-15(12(2)23-11)18(3,21)10-19-17(20)14-4-5-16-13(9-14)6-7-22-16/h4-5,8-9,21H,6-7,10H2,1-3H3,(H,19,20). The van der Waals surface area contributed by atoms with Crippen molar-refractivity contribution in [2.24, 2.45) is 0 Å². The first-order chi connectivity index (χ1) is 10.9. The van der Waals surface area contributed by atoms with Gasteiger partial charge < -0.3 is 19.6 Å². The Bertz CT molecular complexity index is 745. The molecule has 5 heteroatoms. The number of benzene rings is 1. The van der Waals surface area contributed by atoms with Crippen LogP contribution in [0.25, 0.3) is 0 Å².